The largest absolute Gasteiger partial charge is 0.299 e. The molecule has 1 nitrogen and oxygen atoms in total. The van der Waals surface area contributed by atoms with Gasteiger partial charge in [-0.15, -0.1) is 0 Å². The van der Waals surface area contributed by atoms with Crippen molar-refractivity contribution in [1.29, 1.82) is 0 Å². The molecule has 2 unspecified atom stereocenters. The van der Waals surface area contributed by atoms with Crippen LogP contribution in [0, 0.1) is 11.3 Å². The van der Waals surface area contributed by atoms with E-state index in [-0.39, 0.29) is 5.41 Å². The summed E-state index contributed by atoms with van der Waals surface area (Å²) in [7, 11) is 0. The molecule has 1 heteroatoms. The maximum Gasteiger partial charge on any atom is 0.142 e. The maximum atomic E-state index is 11.5. The van der Waals surface area contributed by atoms with Crippen LogP contribution in [-0.4, -0.2) is 5.78 Å². The second-order valence-electron chi connectivity index (χ2n) is 3.93. The van der Waals surface area contributed by atoms with E-state index in [0.29, 0.717) is 11.7 Å². The van der Waals surface area contributed by atoms with Gasteiger partial charge in [0.05, 0.1) is 0 Å². The van der Waals surface area contributed by atoms with E-state index in [1.807, 2.05) is 0 Å². The lowest BCUT2D eigenvalue weighted by molar-refractivity contribution is -0.129. The van der Waals surface area contributed by atoms with Crippen molar-refractivity contribution in [2.45, 2.75) is 32.6 Å². The highest BCUT2D eigenvalue weighted by molar-refractivity contribution is 5.87. The molecule has 0 aromatic heterocycles. The first-order valence-electron chi connectivity index (χ1n) is 4.44. The molecule has 0 spiro atoms. The van der Waals surface area contributed by atoms with Crippen LogP contribution in [0.25, 0.3) is 0 Å². The summed E-state index contributed by atoms with van der Waals surface area (Å²) in [6.45, 7) is 2.10. The van der Waals surface area contributed by atoms with Gasteiger partial charge < -0.3 is 0 Å². The van der Waals surface area contributed by atoms with Crippen molar-refractivity contribution in [3.05, 3.63) is 12.2 Å². The monoisotopic (exact) mass is 150 g/mol. The molecule has 0 heterocycles. The number of carbonyl (C=O) groups is 1. The lowest BCUT2D eigenvalue weighted by Gasteiger charge is -2.33. The Balaban J connectivity index is 2.30. The predicted octanol–water partition coefficient (Wildman–Crippen LogP) is 2.32. The fourth-order valence-electron chi connectivity index (χ4n) is 2.37. The van der Waals surface area contributed by atoms with Gasteiger partial charge in [-0.05, 0) is 32.1 Å². The summed E-state index contributed by atoms with van der Waals surface area (Å²) in [5, 5.41) is 0. The smallest absolute Gasteiger partial charge is 0.142 e. The van der Waals surface area contributed by atoms with E-state index < -0.39 is 0 Å². The fourth-order valence-corrected chi connectivity index (χ4v) is 2.37. The molecular formula is C10H14O. The van der Waals surface area contributed by atoms with Gasteiger partial charge in [0.2, 0.25) is 0 Å². The van der Waals surface area contributed by atoms with E-state index in [1.54, 1.807) is 0 Å². The summed E-state index contributed by atoms with van der Waals surface area (Å²) in [6, 6.07) is 0. The minimum Gasteiger partial charge on any atom is -0.299 e. The maximum absolute atomic E-state index is 11.5. The van der Waals surface area contributed by atoms with E-state index in [1.165, 1.54) is 6.42 Å². The Hall–Kier alpha value is -0.590. The van der Waals surface area contributed by atoms with Crippen LogP contribution in [0.4, 0.5) is 0 Å². The number of ketones is 1. The highest BCUT2D eigenvalue weighted by Gasteiger charge is 2.42. The van der Waals surface area contributed by atoms with Crippen molar-refractivity contribution >= 4 is 5.78 Å². The minimum atomic E-state index is -0.0712. The molecule has 0 amide bonds. The Morgan fingerprint density at radius 2 is 2.45 bits per heavy atom. The molecule has 0 aromatic carbocycles. The first-order valence-corrected chi connectivity index (χ1v) is 4.44. The Labute approximate surface area is 67.5 Å². The number of rotatable bonds is 0. The summed E-state index contributed by atoms with van der Waals surface area (Å²) in [5.74, 6) is 1.09. The Kier molecular flexibility index (Phi) is 1.41. The Morgan fingerprint density at radius 1 is 1.64 bits per heavy atom. The van der Waals surface area contributed by atoms with Crippen LogP contribution in [0.2, 0.25) is 0 Å². The first kappa shape index (κ1) is 7.08. The number of carbonyl (C=O) groups excluding carboxylic acids is 1. The van der Waals surface area contributed by atoms with Crippen molar-refractivity contribution in [2.75, 3.05) is 0 Å². The average molecular weight is 150 g/mol. The van der Waals surface area contributed by atoms with Crippen LogP contribution in [0.3, 0.4) is 0 Å². The van der Waals surface area contributed by atoms with Crippen molar-refractivity contribution in [3.8, 4) is 0 Å². The average Bonchev–Trinajstić information content (AvgIpc) is 2.34. The number of allylic oxidation sites excluding steroid dienone is 2. The van der Waals surface area contributed by atoms with Crippen LogP contribution in [0.5, 0.6) is 0 Å². The number of fused-ring (bicyclic) bond motifs is 1. The second-order valence-corrected chi connectivity index (χ2v) is 3.93. The second kappa shape index (κ2) is 2.20. The van der Waals surface area contributed by atoms with Crippen LogP contribution < -0.4 is 0 Å². The van der Waals surface area contributed by atoms with Crippen molar-refractivity contribution in [1.82, 2.24) is 0 Å². The van der Waals surface area contributed by atoms with E-state index in [0.717, 1.165) is 19.3 Å². The van der Waals surface area contributed by atoms with Gasteiger partial charge in [-0.1, -0.05) is 12.2 Å². The SMILES string of the molecule is CC12C=CCC1CCCC2=O. The topological polar surface area (TPSA) is 17.1 Å². The lowest BCUT2D eigenvalue weighted by atomic mass is 9.69. The zero-order chi connectivity index (χ0) is 7.90. The molecule has 2 rings (SSSR count). The predicted molar refractivity (Wildman–Crippen MR) is 44.2 cm³/mol. The zero-order valence-corrected chi connectivity index (χ0v) is 6.97. The van der Waals surface area contributed by atoms with Crippen molar-refractivity contribution < 1.29 is 4.79 Å². The molecule has 2 aliphatic rings. The number of hydrogen-bond acceptors (Lipinski definition) is 1. The highest BCUT2D eigenvalue weighted by Crippen LogP contribution is 2.45. The standard InChI is InChI=1S/C10H14O/c1-10-7-3-5-8(10)4-2-6-9(10)11/h3,7-8H,2,4-6H2,1H3. The summed E-state index contributed by atoms with van der Waals surface area (Å²) < 4.78 is 0. The molecule has 2 aliphatic carbocycles. The van der Waals surface area contributed by atoms with Gasteiger partial charge in [0, 0.05) is 11.8 Å². The summed E-state index contributed by atoms with van der Waals surface area (Å²) in [5.41, 5.74) is -0.0712. The van der Waals surface area contributed by atoms with Gasteiger partial charge in [0.15, 0.2) is 0 Å². The van der Waals surface area contributed by atoms with E-state index in [4.69, 9.17) is 0 Å². The van der Waals surface area contributed by atoms with E-state index in [2.05, 4.69) is 19.1 Å². The summed E-state index contributed by atoms with van der Waals surface area (Å²) in [6.07, 6.45) is 8.59. The molecule has 2 atom stereocenters. The molecule has 0 N–H and O–H groups in total. The molecule has 1 fully saturated rings. The third-order valence-electron chi connectivity index (χ3n) is 3.29. The third-order valence-corrected chi connectivity index (χ3v) is 3.29. The van der Waals surface area contributed by atoms with Crippen molar-refractivity contribution in [3.63, 3.8) is 0 Å². The third kappa shape index (κ3) is 0.867. The van der Waals surface area contributed by atoms with Crippen LogP contribution in [0.15, 0.2) is 12.2 Å². The van der Waals surface area contributed by atoms with E-state index in [9.17, 15) is 4.79 Å². The van der Waals surface area contributed by atoms with Gasteiger partial charge >= 0.3 is 0 Å². The van der Waals surface area contributed by atoms with Crippen LogP contribution >= 0.6 is 0 Å². The van der Waals surface area contributed by atoms with Gasteiger partial charge in [-0.2, -0.15) is 0 Å². The van der Waals surface area contributed by atoms with Crippen molar-refractivity contribution in [2.24, 2.45) is 11.3 Å². The highest BCUT2D eigenvalue weighted by atomic mass is 16.1. The van der Waals surface area contributed by atoms with Crippen LogP contribution in [0.1, 0.15) is 32.6 Å². The van der Waals surface area contributed by atoms with Gasteiger partial charge in [-0.25, -0.2) is 0 Å². The lowest BCUT2D eigenvalue weighted by Crippen LogP contribution is -2.34. The molecular weight excluding hydrogens is 136 g/mol. The molecule has 0 radical (unpaired) electrons. The first-order chi connectivity index (χ1) is 5.23. The van der Waals surface area contributed by atoms with Gasteiger partial charge in [0.1, 0.15) is 5.78 Å². The molecule has 11 heavy (non-hydrogen) atoms. The number of hydrogen-bond donors (Lipinski definition) is 0. The molecule has 60 valence electrons. The molecule has 0 saturated heterocycles. The van der Waals surface area contributed by atoms with E-state index >= 15 is 0 Å². The summed E-state index contributed by atoms with van der Waals surface area (Å²) in [4.78, 5) is 11.5. The quantitative estimate of drug-likeness (QED) is 0.484. The fraction of sp³-hybridized carbons (Fsp3) is 0.700. The van der Waals surface area contributed by atoms with Gasteiger partial charge in [0.25, 0.3) is 0 Å². The normalized spacial score (nSPS) is 42.6. The minimum absolute atomic E-state index is 0.0712. The van der Waals surface area contributed by atoms with Gasteiger partial charge in [-0.3, -0.25) is 4.79 Å². The molecule has 0 aliphatic heterocycles. The summed E-state index contributed by atoms with van der Waals surface area (Å²) >= 11 is 0. The molecule has 0 aromatic rings. The zero-order valence-electron chi connectivity index (χ0n) is 6.97. The Morgan fingerprint density at radius 3 is 3.18 bits per heavy atom. The molecule has 0 bridgehead atoms. The Bertz CT molecular complexity index is 217. The van der Waals surface area contributed by atoms with Crippen LogP contribution in [-0.2, 0) is 4.79 Å². The molecule has 1 saturated carbocycles. The number of Topliss-reactive ketones (excluding diaryl/α,β-unsaturated/α-hetero) is 1.